The van der Waals surface area contributed by atoms with Gasteiger partial charge in [0.1, 0.15) is 0 Å². The Hall–Kier alpha value is -0.0600. The van der Waals surface area contributed by atoms with Crippen LogP contribution in [-0.2, 0) is 0 Å². The van der Waals surface area contributed by atoms with E-state index in [-0.39, 0.29) is 11.4 Å². The van der Waals surface area contributed by atoms with Gasteiger partial charge in [-0.05, 0) is 53.9 Å². The third-order valence-corrected chi connectivity index (χ3v) is 4.34. The van der Waals surface area contributed by atoms with Crippen LogP contribution in [0.4, 0.5) is 0 Å². The first-order valence-corrected chi connectivity index (χ1v) is 8.04. The van der Waals surface area contributed by atoms with E-state index < -0.39 is 0 Å². The van der Waals surface area contributed by atoms with Gasteiger partial charge in [0.05, 0.1) is 5.56 Å². The molecule has 1 rings (SSSR count). The Morgan fingerprint density at radius 2 is 2.17 bits per heavy atom. The van der Waals surface area contributed by atoms with Gasteiger partial charge in [-0.15, -0.1) is 0 Å². The first-order chi connectivity index (χ1) is 8.41. The van der Waals surface area contributed by atoms with Crippen molar-refractivity contribution in [2.45, 2.75) is 32.2 Å². The van der Waals surface area contributed by atoms with Crippen molar-refractivity contribution in [1.29, 1.82) is 0 Å². The van der Waals surface area contributed by atoms with Crippen LogP contribution < -0.4 is 5.32 Å². The SMILES string of the molecule is CCC(C)(CCBr)NC(=O)c1cc(Cl)ccc1Br. The van der Waals surface area contributed by atoms with Gasteiger partial charge >= 0.3 is 0 Å². The molecule has 0 radical (unpaired) electrons. The Balaban J connectivity index is 2.90. The van der Waals surface area contributed by atoms with E-state index in [1.54, 1.807) is 18.2 Å². The quantitative estimate of drug-likeness (QED) is 0.712. The van der Waals surface area contributed by atoms with E-state index in [1.807, 2.05) is 6.92 Å². The van der Waals surface area contributed by atoms with E-state index >= 15 is 0 Å². The molecule has 0 aliphatic heterocycles. The number of carbonyl (C=O) groups is 1. The second-order valence-corrected chi connectivity index (χ2v) is 6.52. The van der Waals surface area contributed by atoms with Crippen LogP contribution in [0.1, 0.15) is 37.0 Å². The molecule has 0 heterocycles. The molecule has 2 nitrogen and oxygen atoms in total. The van der Waals surface area contributed by atoms with Crippen molar-refractivity contribution in [2.24, 2.45) is 0 Å². The Morgan fingerprint density at radius 3 is 2.72 bits per heavy atom. The van der Waals surface area contributed by atoms with Gasteiger partial charge in [0.25, 0.3) is 5.91 Å². The maximum atomic E-state index is 12.3. The second-order valence-electron chi connectivity index (χ2n) is 4.43. The van der Waals surface area contributed by atoms with Gasteiger partial charge in [-0.25, -0.2) is 0 Å². The lowest BCUT2D eigenvalue weighted by molar-refractivity contribution is 0.0901. The largest absolute Gasteiger partial charge is 0.347 e. The van der Waals surface area contributed by atoms with Crippen molar-refractivity contribution in [3.8, 4) is 0 Å². The zero-order valence-electron chi connectivity index (χ0n) is 10.4. The molecule has 1 aromatic carbocycles. The second kappa shape index (κ2) is 6.92. The minimum atomic E-state index is -0.206. The summed E-state index contributed by atoms with van der Waals surface area (Å²) in [7, 11) is 0. The van der Waals surface area contributed by atoms with Crippen molar-refractivity contribution in [1.82, 2.24) is 5.32 Å². The van der Waals surface area contributed by atoms with Gasteiger partial charge in [-0.1, -0.05) is 34.5 Å². The third kappa shape index (κ3) is 4.25. The van der Waals surface area contributed by atoms with E-state index in [4.69, 9.17) is 11.6 Å². The predicted octanol–water partition coefficient (Wildman–Crippen LogP) is 4.79. The number of halogens is 3. The Bertz CT molecular complexity index is 439. The van der Waals surface area contributed by atoms with Crippen LogP contribution in [0.15, 0.2) is 22.7 Å². The molecule has 1 N–H and O–H groups in total. The van der Waals surface area contributed by atoms with Gasteiger partial charge < -0.3 is 5.32 Å². The number of carbonyl (C=O) groups excluding carboxylic acids is 1. The fourth-order valence-electron chi connectivity index (χ4n) is 1.55. The summed E-state index contributed by atoms with van der Waals surface area (Å²) in [5.41, 5.74) is 0.360. The Morgan fingerprint density at radius 1 is 1.50 bits per heavy atom. The molecular formula is C13H16Br2ClNO. The maximum absolute atomic E-state index is 12.3. The molecule has 100 valence electrons. The van der Waals surface area contributed by atoms with E-state index in [2.05, 4.69) is 44.1 Å². The lowest BCUT2D eigenvalue weighted by Crippen LogP contribution is -2.45. The van der Waals surface area contributed by atoms with E-state index in [9.17, 15) is 4.79 Å². The number of nitrogens with one attached hydrogen (secondary N) is 1. The van der Waals surface area contributed by atoms with Crippen LogP contribution in [0.3, 0.4) is 0 Å². The van der Waals surface area contributed by atoms with Crippen molar-refractivity contribution in [3.05, 3.63) is 33.3 Å². The highest BCUT2D eigenvalue weighted by atomic mass is 79.9. The van der Waals surface area contributed by atoms with Crippen molar-refractivity contribution in [2.75, 3.05) is 5.33 Å². The predicted molar refractivity (Wildman–Crippen MR) is 83.7 cm³/mol. The van der Waals surface area contributed by atoms with Crippen molar-refractivity contribution in [3.63, 3.8) is 0 Å². The maximum Gasteiger partial charge on any atom is 0.252 e. The molecule has 0 saturated carbocycles. The smallest absolute Gasteiger partial charge is 0.252 e. The number of hydrogen-bond acceptors (Lipinski definition) is 1. The average Bonchev–Trinajstić information content (AvgIpc) is 2.32. The monoisotopic (exact) mass is 395 g/mol. The van der Waals surface area contributed by atoms with Crippen LogP contribution in [0.25, 0.3) is 0 Å². The number of benzene rings is 1. The highest BCUT2D eigenvalue weighted by Crippen LogP contribution is 2.23. The first kappa shape index (κ1) is 16.0. The molecule has 0 bridgehead atoms. The number of hydrogen-bond donors (Lipinski definition) is 1. The molecule has 0 aromatic heterocycles. The molecule has 1 unspecified atom stereocenters. The van der Waals surface area contributed by atoms with Crippen LogP contribution in [-0.4, -0.2) is 16.8 Å². The van der Waals surface area contributed by atoms with E-state index in [0.29, 0.717) is 10.6 Å². The minimum Gasteiger partial charge on any atom is -0.347 e. The molecule has 1 atom stereocenters. The molecule has 0 fully saturated rings. The number of alkyl halides is 1. The summed E-state index contributed by atoms with van der Waals surface area (Å²) in [5, 5.41) is 4.48. The molecule has 1 amide bonds. The molecule has 18 heavy (non-hydrogen) atoms. The lowest BCUT2D eigenvalue weighted by Gasteiger charge is -2.29. The van der Waals surface area contributed by atoms with E-state index in [0.717, 1.165) is 22.6 Å². The van der Waals surface area contributed by atoms with Gasteiger partial charge in [0.2, 0.25) is 0 Å². The summed E-state index contributed by atoms with van der Waals surface area (Å²) < 4.78 is 0.752. The average molecular weight is 398 g/mol. The summed E-state index contributed by atoms with van der Waals surface area (Å²) in [4.78, 5) is 12.3. The molecule has 0 spiro atoms. The third-order valence-electron chi connectivity index (χ3n) is 3.01. The highest BCUT2D eigenvalue weighted by Gasteiger charge is 2.24. The number of amides is 1. The van der Waals surface area contributed by atoms with Crippen LogP contribution >= 0.6 is 43.5 Å². The van der Waals surface area contributed by atoms with Gasteiger partial charge in [-0.3, -0.25) is 4.79 Å². The number of rotatable bonds is 5. The standard InChI is InChI=1S/C13H16Br2ClNO/c1-3-13(2,6-7-14)17-12(18)10-8-9(16)4-5-11(10)15/h4-5,8H,3,6-7H2,1-2H3,(H,17,18). The summed E-state index contributed by atoms with van der Waals surface area (Å²) in [6.07, 6.45) is 1.76. The molecule has 0 aliphatic carbocycles. The lowest BCUT2D eigenvalue weighted by atomic mass is 9.95. The van der Waals surface area contributed by atoms with Crippen LogP contribution in [0.2, 0.25) is 5.02 Å². The van der Waals surface area contributed by atoms with Gasteiger partial charge in [0.15, 0.2) is 0 Å². The summed E-state index contributed by atoms with van der Waals surface area (Å²) >= 11 is 12.7. The normalized spacial score (nSPS) is 14.1. The molecule has 1 aromatic rings. The van der Waals surface area contributed by atoms with Gasteiger partial charge in [0, 0.05) is 20.4 Å². The zero-order valence-corrected chi connectivity index (χ0v) is 14.3. The topological polar surface area (TPSA) is 29.1 Å². The van der Waals surface area contributed by atoms with Crippen molar-refractivity contribution >= 4 is 49.4 Å². The summed E-state index contributed by atoms with van der Waals surface area (Å²) in [6, 6.07) is 5.20. The Labute approximate surface area is 130 Å². The van der Waals surface area contributed by atoms with Crippen LogP contribution in [0.5, 0.6) is 0 Å². The van der Waals surface area contributed by atoms with E-state index in [1.165, 1.54) is 0 Å². The molecular weight excluding hydrogens is 381 g/mol. The first-order valence-electron chi connectivity index (χ1n) is 5.75. The fraction of sp³-hybridized carbons (Fsp3) is 0.462. The summed E-state index contributed by atoms with van der Waals surface area (Å²) in [5.74, 6) is -0.102. The van der Waals surface area contributed by atoms with Crippen molar-refractivity contribution < 1.29 is 4.79 Å². The van der Waals surface area contributed by atoms with Gasteiger partial charge in [-0.2, -0.15) is 0 Å². The highest BCUT2D eigenvalue weighted by molar-refractivity contribution is 9.10. The molecule has 0 aliphatic rings. The van der Waals surface area contributed by atoms with Crippen LogP contribution in [0, 0.1) is 0 Å². The molecule has 0 saturated heterocycles. The Kier molecular flexibility index (Phi) is 6.15. The zero-order chi connectivity index (χ0) is 13.8. The molecule has 5 heteroatoms. The minimum absolute atomic E-state index is 0.102. The summed E-state index contributed by atoms with van der Waals surface area (Å²) in [6.45, 7) is 4.11. The fourth-order valence-corrected chi connectivity index (χ4v) is 3.02.